The Bertz CT molecular complexity index is 689. The van der Waals surface area contributed by atoms with Gasteiger partial charge in [0.25, 0.3) is 0 Å². The van der Waals surface area contributed by atoms with Crippen molar-refractivity contribution < 1.29 is 22.7 Å². The summed E-state index contributed by atoms with van der Waals surface area (Å²) in [6.45, 7) is 1.85. The zero-order valence-corrected chi connectivity index (χ0v) is 14.3. The van der Waals surface area contributed by atoms with Gasteiger partial charge in [-0.15, -0.1) is 0 Å². The number of amides is 1. The summed E-state index contributed by atoms with van der Waals surface area (Å²) in [6.07, 6.45) is 0.508. The molecule has 1 aromatic rings. The molecule has 0 aliphatic carbocycles. The smallest absolute Gasteiger partial charge is 0.238 e. The van der Waals surface area contributed by atoms with Crippen LogP contribution in [0.4, 0.5) is 5.69 Å². The SMILES string of the molecule is COc1ccc(NC(=O)CNC2(C)CCS(=O)(=O)C2)c(OC)c1. The van der Waals surface area contributed by atoms with E-state index < -0.39 is 15.4 Å². The van der Waals surface area contributed by atoms with E-state index in [2.05, 4.69) is 10.6 Å². The molecule has 128 valence electrons. The molecule has 1 saturated heterocycles. The first kappa shape index (κ1) is 17.6. The predicted octanol–water partition coefficient (Wildman–Crippen LogP) is 0.809. The molecule has 0 saturated carbocycles. The van der Waals surface area contributed by atoms with E-state index in [9.17, 15) is 13.2 Å². The van der Waals surface area contributed by atoms with Gasteiger partial charge in [-0.25, -0.2) is 8.42 Å². The van der Waals surface area contributed by atoms with Crippen molar-refractivity contribution in [3.8, 4) is 11.5 Å². The molecule has 1 aliphatic rings. The second-order valence-corrected chi connectivity index (χ2v) is 8.05. The molecule has 8 heteroatoms. The number of carbonyl (C=O) groups is 1. The zero-order valence-electron chi connectivity index (χ0n) is 13.5. The third-order valence-electron chi connectivity index (χ3n) is 3.86. The van der Waals surface area contributed by atoms with Crippen molar-refractivity contribution in [1.82, 2.24) is 5.32 Å². The van der Waals surface area contributed by atoms with Gasteiger partial charge in [-0.2, -0.15) is 0 Å². The molecular weight excluding hydrogens is 320 g/mol. The minimum Gasteiger partial charge on any atom is -0.497 e. The van der Waals surface area contributed by atoms with Gasteiger partial charge in [-0.05, 0) is 25.5 Å². The van der Waals surface area contributed by atoms with Crippen molar-refractivity contribution in [2.75, 3.05) is 37.6 Å². The summed E-state index contributed by atoms with van der Waals surface area (Å²) in [6, 6.07) is 5.08. The van der Waals surface area contributed by atoms with E-state index in [4.69, 9.17) is 9.47 Å². The molecule has 1 aliphatic heterocycles. The Labute approximate surface area is 136 Å². The number of rotatable bonds is 6. The topological polar surface area (TPSA) is 93.7 Å². The molecule has 1 fully saturated rings. The summed E-state index contributed by atoms with van der Waals surface area (Å²) >= 11 is 0. The summed E-state index contributed by atoms with van der Waals surface area (Å²) < 4.78 is 33.4. The number of hydrogen-bond acceptors (Lipinski definition) is 6. The Morgan fingerprint density at radius 2 is 2.04 bits per heavy atom. The lowest BCUT2D eigenvalue weighted by molar-refractivity contribution is -0.115. The van der Waals surface area contributed by atoms with Crippen LogP contribution in [0.15, 0.2) is 18.2 Å². The van der Waals surface area contributed by atoms with Crippen molar-refractivity contribution in [3.05, 3.63) is 18.2 Å². The van der Waals surface area contributed by atoms with Crippen LogP contribution in [0.2, 0.25) is 0 Å². The van der Waals surface area contributed by atoms with Gasteiger partial charge in [0.2, 0.25) is 5.91 Å². The maximum absolute atomic E-state index is 12.1. The van der Waals surface area contributed by atoms with Gasteiger partial charge in [-0.3, -0.25) is 4.79 Å². The maximum Gasteiger partial charge on any atom is 0.238 e. The van der Waals surface area contributed by atoms with Gasteiger partial charge in [0.15, 0.2) is 9.84 Å². The van der Waals surface area contributed by atoms with Crippen molar-refractivity contribution in [2.24, 2.45) is 0 Å². The minimum atomic E-state index is -3.01. The van der Waals surface area contributed by atoms with Gasteiger partial charge < -0.3 is 20.1 Å². The van der Waals surface area contributed by atoms with Crippen molar-refractivity contribution in [1.29, 1.82) is 0 Å². The molecule has 7 nitrogen and oxygen atoms in total. The normalized spacial score (nSPS) is 22.6. The molecule has 1 unspecified atom stereocenters. The van der Waals surface area contributed by atoms with E-state index in [-0.39, 0.29) is 24.0 Å². The summed E-state index contributed by atoms with van der Waals surface area (Å²) in [5.41, 5.74) is -0.0236. The molecule has 2 rings (SSSR count). The largest absolute Gasteiger partial charge is 0.497 e. The molecule has 1 aromatic carbocycles. The summed E-state index contributed by atoms with van der Waals surface area (Å²) in [7, 11) is 0.0488. The van der Waals surface area contributed by atoms with Crippen LogP contribution in [-0.2, 0) is 14.6 Å². The van der Waals surface area contributed by atoms with E-state index in [1.54, 1.807) is 25.3 Å². The molecule has 2 N–H and O–H groups in total. The molecule has 0 aromatic heterocycles. The first-order valence-corrected chi connectivity index (χ1v) is 9.06. The van der Waals surface area contributed by atoms with Crippen LogP contribution in [0, 0.1) is 0 Å². The molecule has 23 heavy (non-hydrogen) atoms. The fraction of sp³-hybridized carbons (Fsp3) is 0.533. The van der Waals surface area contributed by atoms with Crippen LogP contribution in [0.1, 0.15) is 13.3 Å². The lowest BCUT2D eigenvalue weighted by Gasteiger charge is -2.23. The highest BCUT2D eigenvalue weighted by Gasteiger charge is 2.38. The molecule has 0 spiro atoms. The van der Waals surface area contributed by atoms with E-state index >= 15 is 0 Å². The van der Waals surface area contributed by atoms with Crippen molar-refractivity contribution in [3.63, 3.8) is 0 Å². The summed E-state index contributed by atoms with van der Waals surface area (Å²) in [5, 5.41) is 5.78. The number of sulfone groups is 1. The van der Waals surface area contributed by atoms with Gasteiger partial charge in [0.05, 0.1) is 38.0 Å². The number of nitrogens with one attached hydrogen (secondary N) is 2. The van der Waals surface area contributed by atoms with Crippen LogP contribution in [0.25, 0.3) is 0 Å². The molecule has 1 amide bonds. The summed E-state index contributed by atoms with van der Waals surface area (Å²) in [4.78, 5) is 12.1. The monoisotopic (exact) mass is 342 g/mol. The lowest BCUT2D eigenvalue weighted by Crippen LogP contribution is -2.46. The molecule has 0 radical (unpaired) electrons. The van der Waals surface area contributed by atoms with Gasteiger partial charge in [0, 0.05) is 11.6 Å². The Balaban J connectivity index is 1.95. The standard InChI is InChI=1S/C15H22N2O5S/c1-15(6-7-23(19,20)10-15)16-9-14(18)17-12-5-4-11(21-2)8-13(12)22-3/h4-5,8,16H,6-7,9-10H2,1-3H3,(H,17,18). The van der Waals surface area contributed by atoms with Gasteiger partial charge >= 0.3 is 0 Å². The number of methoxy groups -OCH3 is 2. The van der Waals surface area contributed by atoms with E-state index in [0.29, 0.717) is 23.6 Å². The third kappa shape index (κ3) is 4.59. The average Bonchev–Trinajstić information content (AvgIpc) is 2.80. The van der Waals surface area contributed by atoms with Gasteiger partial charge in [-0.1, -0.05) is 0 Å². The Kier molecular flexibility index (Phi) is 5.16. The van der Waals surface area contributed by atoms with Crippen LogP contribution in [0.3, 0.4) is 0 Å². The van der Waals surface area contributed by atoms with Crippen LogP contribution in [-0.4, -0.2) is 52.1 Å². The Hall–Kier alpha value is -1.80. The first-order chi connectivity index (χ1) is 10.8. The number of hydrogen-bond donors (Lipinski definition) is 2. The summed E-state index contributed by atoms with van der Waals surface area (Å²) in [5.74, 6) is 1.07. The highest BCUT2D eigenvalue weighted by Crippen LogP contribution is 2.29. The predicted molar refractivity (Wildman–Crippen MR) is 87.9 cm³/mol. The van der Waals surface area contributed by atoms with Gasteiger partial charge in [0.1, 0.15) is 11.5 Å². The molecule has 1 heterocycles. The maximum atomic E-state index is 12.1. The number of anilines is 1. The highest BCUT2D eigenvalue weighted by atomic mass is 32.2. The van der Waals surface area contributed by atoms with Crippen LogP contribution in [0.5, 0.6) is 11.5 Å². The molecule has 0 bridgehead atoms. The first-order valence-electron chi connectivity index (χ1n) is 7.24. The average molecular weight is 342 g/mol. The fourth-order valence-electron chi connectivity index (χ4n) is 2.54. The fourth-order valence-corrected chi connectivity index (χ4v) is 4.66. The van der Waals surface area contributed by atoms with Crippen LogP contribution >= 0.6 is 0 Å². The Morgan fingerprint density at radius 1 is 1.30 bits per heavy atom. The quantitative estimate of drug-likeness (QED) is 0.795. The van der Waals surface area contributed by atoms with E-state index in [0.717, 1.165) is 0 Å². The third-order valence-corrected chi connectivity index (χ3v) is 5.76. The number of carbonyl (C=O) groups excluding carboxylic acids is 1. The van der Waals surface area contributed by atoms with Crippen molar-refractivity contribution in [2.45, 2.75) is 18.9 Å². The second kappa shape index (κ2) is 6.76. The molecular formula is C15H22N2O5S. The highest BCUT2D eigenvalue weighted by molar-refractivity contribution is 7.91. The van der Waals surface area contributed by atoms with E-state index in [1.807, 2.05) is 6.92 Å². The second-order valence-electron chi connectivity index (χ2n) is 5.87. The van der Waals surface area contributed by atoms with E-state index in [1.165, 1.54) is 7.11 Å². The van der Waals surface area contributed by atoms with Crippen LogP contribution < -0.4 is 20.1 Å². The minimum absolute atomic E-state index is 0.0290. The number of benzene rings is 1. The lowest BCUT2D eigenvalue weighted by atomic mass is 10.0. The Morgan fingerprint density at radius 3 is 2.61 bits per heavy atom. The zero-order chi connectivity index (χ0) is 17.1. The number of ether oxygens (including phenoxy) is 2. The van der Waals surface area contributed by atoms with Crippen molar-refractivity contribution >= 4 is 21.4 Å². The molecule has 1 atom stereocenters.